The number of hydrogen-bond donors (Lipinski definition) is 1. The van der Waals surface area contributed by atoms with Crippen LogP contribution in [-0.2, 0) is 6.54 Å². The molecule has 1 N–H and O–H groups in total. The fourth-order valence-electron chi connectivity index (χ4n) is 2.86. The third-order valence-electron chi connectivity index (χ3n) is 4.19. The lowest BCUT2D eigenvalue weighted by Gasteiger charge is -2.05. The fraction of sp³-hybridized carbons (Fsp3) is 0.100. The number of aromatic nitrogens is 1. The van der Waals surface area contributed by atoms with Crippen LogP contribution in [-0.4, -0.2) is 10.9 Å². The maximum Gasteiger partial charge on any atom is 0.261 e. The highest BCUT2D eigenvalue weighted by Gasteiger charge is 2.16. The van der Waals surface area contributed by atoms with Crippen LogP contribution in [0.1, 0.15) is 20.8 Å². The highest BCUT2D eigenvalue weighted by Crippen LogP contribution is 2.36. The Morgan fingerprint density at radius 2 is 1.92 bits per heavy atom. The van der Waals surface area contributed by atoms with E-state index in [2.05, 4.69) is 16.4 Å². The molecule has 0 spiro atoms. The van der Waals surface area contributed by atoms with Gasteiger partial charge in [-0.2, -0.15) is 0 Å². The quantitative estimate of drug-likeness (QED) is 0.428. The SMILES string of the molecule is Cc1ccc2nc(Cl)c3cc(C(=O)NCc4ccccc4Cl)sc3c2c1. The van der Waals surface area contributed by atoms with Gasteiger partial charge in [0.15, 0.2) is 0 Å². The normalized spacial score (nSPS) is 11.2. The molecule has 2 aromatic heterocycles. The second kappa shape index (κ2) is 6.88. The second-order valence-corrected chi connectivity index (χ2v) is 7.87. The average molecular weight is 401 g/mol. The van der Waals surface area contributed by atoms with Crippen molar-refractivity contribution in [2.24, 2.45) is 0 Å². The Balaban J connectivity index is 1.69. The van der Waals surface area contributed by atoms with Gasteiger partial charge in [-0.3, -0.25) is 4.79 Å². The molecular weight excluding hydrogens is 387 g/mol. The third-order valence-corrected chi connectivity index (χ3v) is 6.01. The molecule has 0 saturated carbocycles. The Labute approximate surface area is 164 Å². The van der Waals surface area contributed by atoms with Crippen molar-refractivity contribution in [2.45, 2.75) is 13.5 Å². The molecule has 6 heteroatoms. The first-order chi connectivity index (χ1) is 12.5. The Morgan fingerprint density at radius 1 is 1.12 bits per heavy atom. The fourth-order valence-corrected chi connectivity index (χ4v) is 4.46. The minimum Gasteiger partial charge on any atom is -0.347 e. The van der Waals surface area contributed by atoms with E-state index in [0.717, 1.165) is 32.1 Å². The van der Waals surface area contributed by atoms with E-state index in [1.807, 2.05) is 43.3 Å². The predicted octanol–water partition coefficient (Wildman–Crippen LogP) is 5.99. The van der Waals surface area contributed by atoms with Gasteiger partial charge in [0, 0.05) is 27.0 Å². The third kappa shape index (κ3) is 3.16. The van der Waals surface area contributed by atoms with Crippen LogP contribution in [0, 0.1) is 6.92 Å². The topological polar surface area (TPSA) is 42.0 Å². The molecule has 26 heavy (non-hydrogen) atoms. The van der Waals surface area contributed by atoms with Crippen LogP contribution in [0.25, 0.3) is 21.0 Å². The average Bonchev–Trinajstić information content (AvgIpc) is 3.08. The van der Waals surface area contributed by atoms with Crippen LogP contribution < -0.4 is 5.32 Å². The summed E-state index contributed by atoms with van der Waals surface area (Å²) >= 11 is 13.9. The van der Waals surface area contributed by atoms with Crippen molar-refractivity contribution in [1.29, 1.82) is 0 Å². The summed E-state index contributed by atoms with van der Waals surface area (Å²) < 4.78 is 0.978. The van der Waals surface area contributed by atoms with Gasteiger partial charge in [-0.1, -0.05) is 53.0 Å². The summed E-state index contributed by atoms with van der Waals surface area (Å²) in [6, 6.07) is 15.3. The molecule has 4 rings (SSSR count). The number of aryl methyl sites for hydroxylation is 1. The molecule has 0 radical (unpaired) electrons. The molecule has 0 aliphatic carbocycles. The molecule has 0 unspecified atom stereocenters. The number of rotatable bonds is 3. The molecule has 0 aliphatic heterocycles. The van der Waals surface area contributed by atoms with Crippen LogP contribution in [0.3, 0.4) is 0 Å². The van der Waals surface area contributed by atoms with Gasteiger partial charge < -0.3 is 5.32 Å². The van der Waals surface area contributed by atoms with Gasteiger partial charge in [0.2, 0.25) is 0 Å². The van der Waals surface area contributed by atoms with E-state index >= 15 is 0 Å². The highest BCUT2D eigenvalue weighted by molar-refractivity contribution is 7.21. The van der Waals surface area contributed by atoms with Crippen LogP contribution in [0.15, 0.2) is 48.5 Å². The van der Waals surface area contributed by atoms with E-state index in [4.69, 9.17) is 23.2 Å². The van der Waals surface area contributed by atoms with Gasteiger partial charge in [0.05, 0.1) is 10.4 Å². The molecule has 1 amide bonds. The summed E-state index contributed by atoms with van der Waals surface area (Å²) in [6.45, 7) is 2.41. The number of hydrogen-bond acceptors (Lipinski definition) is 3. The molecule has 0 atom stereocenters. The molecule has 0 bridgehead atoms. The number of benzene rings is 2. The highest BCUT2D eigenvalue weighted by atomic mass is 35.5. The molecule has 3 nitrogen and oxygen atoms in total. The van der Waals surface area contributed by atoms with E-state index in [-0.39, 0.29) is 5.91 Å². The molecule has 2 aromatic carbocycles. The van der Waals surface area contributed by atoms with E-state index in [1.54, 1.807) is 6.07 Å². The molecule has 0 aliphatic rings. The number of nitrogens with one attached hydrogen (secondary N) is 1. The van der Waals surface area contributed by atoms with Crippen molar-refractivity contribution in [2.75, 3.05) is 0 Å². The van der Waals surface area contributed by atoms with Crippen molar-refractivity contribution in [3.8, 4) is 0 Å². The zero-order valence-electron chi connectivity index (χ0n) is 13.8. The molecule has 130 valence electrons. The largest absolute Gasteiger partial charge is 0.347 e. The summed E-state index contributed by atoms with van der Waals surface area (Å²) in [6.07, 6.45) is 0. The van der Waals surface area contributed by atoms with Gasteiger partial charge in [-0.05, 0) is 36.8 Å². The number of carbonyl (C=O) groups is 1. The summed E-state index contributed by atoms with van der Waals surface area (Å²) in [5.41, 5.74) is 2.85. The number of halogens is 2. The van der Waals surface area contributed by atoms with Crippen LogP contribution >= 0.6 is 34.5 Å². The van der Waals surface area contributed by atoms with Crippen LogP contribution in [0.4, 0.5) is 0 Å². The Morgan fingerprint density at radius 3 is 2.73 bits per heavy atom. The smallest absolute Gasteiger partial charge is 0.261 e. The number of nitrogens with zero attached hydrogens (tertiary/aromatic N) is 1. The number of pyridine rings is 1. The lowest BCUT2D eigenvalue weighted by molar-refractivity contribution is 0.0955. The number of carbonyl (C=O) groups excluding carboxylic acids is 1. The van der Waals surface area contributed by atoms with Gasteiger partial charge in [-0.15, -0.1) is 11.3 Å². The first-order valence-corrected chi connectivity index (χ1v) is 9.61. The zero-order chi connectivity index (χ0) is 18.3. The minimum absolute atomic E-state index is 0.150. The lowest BCUT2D eigenvalue weighted by atomic mass is 10.1. The second-order valence-electron chi connectivity index (χ2n) is 6.05. The van der Waals surface area contributed by atoms with Crippen molar-refractivity contribution in [1.82, 2.24) is 10.3 Å². The van der Waals surface area contributed by atoms with Crippen LogP contribution in [0.2, 0.25) is 10.2 Å². The summed E-state index contributed by atoms with van der Waals surface area (Å²) in [5, 5.41) is 5.79. The molecule has 2 heterocycles. The predicted molar refractivity (Wildman–Crippen MR) is 109 cm³/mol. The zero-order valence-corrected chi connectivity index (χ0v) is 16.2. The van der Waals surface area contributed by atoms with E-state index in [9.17, 15) is 4.79 Å². The maximum absolute atomic E-state index is 12.6. The van der Waals surface area contributed by atoms with Crippen LogP contribution in [0.5, 0.6) is 0 Å². The van der Waals surface area contributed by atoms with E-state index < -0.39 is 0 Å². The number of thiophene rings is 1. The van der Waals surface area contributed by atoms with Crippen molar-refractivity contribution in [3.63, 3.8) is 0 Å². The Kier molecular flexibility index (Phi) is 4.57. The van der Waals surface area contributed by atoms with Gasteiger partial charge >= 0.3 is 0 Å². The monoisotopic (exact) mass is 400 g/mol. The number of fused-ring (bicyclic) bond motifs is 3. The summed E-state index contributed by atoms with van der Waals surface area (Å²) in [5.74, 6) is -0.150. The van der Waals surface area contributed by atoms with Gasteiger partial charge in [-0.25, -0.2) is 4.98 Å². The Bertz CT molecular complexity index is 1150. The first-order valence-electron chi connectivity index (χ1n) is 8.04. The molecule has 0 fully saturated rings. The standard InChI is InChI=1S/C20H14Cl2N2OS/c1-11-6-7-16-13(8-11)18-14(19(22)24-16)9-17(26-18)20(25)23-10-12-4-2-3-5-15(12)21/h2-9H,10H2,1H3,(H,23,25). The van der Waals surface area contributed by atoms with Crippen molar-refractivity contribution in [3.05, 3.63) is 74.7 Å². The summed E-state index contributed by atoms with van der Waals surface area (Å²) in [7, 11) is 0. The lowest BCUT2D eigenvalue weighted by Crippen LogP contribution is -2.21. The van der Waals surface area contributed by atoms with Gasteiger partial charge in [0.25, 0.3) is 5.91 Å². The Hall–Kier alpha value is -2.14. The van der Waals surface area contributed by atoms with E-state index in [1.165, 1.54) is 11.3 Å². The van der Waals surface area contributed by atoms with Gasteiger partial charge in [0.1, 0.15) is 5.15 Å². The van der Waals surface area contributed by atoms with E-state index in [0.29, 0.717) is 21.6 Å². The number of amides is 1. The van der Waals surface area contributed by atoms with Crippen molar-refractivity contribution < 1.29 is 4.79 Å². The maximum atomic E-state index is 12.6. The minimum atomic E-state index is -0.150. The summed E-state index contributed by atoms with van der Waals surface area (Å²) in [4.78, 5) is 17.7. The first kappa shape index (κ1) is 17.3. The molecule has 4 aromatic rings. The van der Waals surface area contributed by atoms with Crippen molar-refractivity contribution >= 4 is 61.4 Å². The molecular formula is C20H14Cl2N2OS. The molecule has 0 saturated heterocycles.